The van der Waals surface area contributed by atoms with E-state index in [1.165, 1.54) is 17.8 Å². The molecule has 0 aliphatic carbocycles. The molecule has 1 aliphatic rings. The number of hydrogen-bond acceptors (Lipinski definition) is 4. The minimum Gasteiger partial charge on any atom is -0.465 e. The highest BCUT2D eigenvalue weighted by Crippen LogP contribution is 2.43. The van der Waals surface area contributed by atoms with Crippen LogP contribution in [0.4, 0.5) is 11.4 Å². The van der Waals surface area contributed by atoms with Gasteiger partial charge in [-0.1, -0.05) is 23.9 Å². The molecule has 2 aromatic carbocycles. The quantitative estimate of drug-likeness (QED) is 0.587. The number of nitrogens with zero attached hydrogens (tertiary/aromatic N) is 1. The number of rotatable bonds is 4. The SMILES string of the molecule is CC(C)N1C(=O)c2ccccc2Sc2cc(NC(=O)C=Cc3ccco3)ccc21. The molecule has 5 nitrogen and oxygen atoms in total. The van der Waals surface area contributed by atoms with Crippen LogP contribution in [0.1, 0.15) is 30.0 Å². The third-order valence-electron chi connectivity index (χ3n) is 4.50. The lowest BCUT2D eigenvalue weighted by Crippen LogP contribution is -2.36. The minimum absolute atomic E-state index is 0.00433. The Morgan fingerprint density at radius 2 is 1.93 bits per heavy atom. The van der Waals surface area contributed by atoms with Crippen molar-refractivity contribution < 1.29 is 14.0 Å². The van der Waals surface area contributed by atoms with E-state index in [1.54, 1.807) is 29.4 Å². The molecule has 0 bridgehead atoms. The molecule has 4 rings (SSSR count). The molecule has 1 N–H and O–H groups in total. The van der Waals surface area contributed by atoms with Crippen molar-refractivity contribution in [3.63, 3.8) is 0 Å². The van der Waals surface area contributed by atoms with Crippen LogP contribution in [0.2, 0.25) is 0 Å². The Balaban J connectivity index is 1.64. The first-order valence-corrected chi connectivity index (χ1v) is 10.1. The molecule has 146 valence electrons. The van der Waals surface area contributed by atoms with Gasteiger partial charge in [-0.3, -0.25) is 9.59 Å². The Labute approximate surface area is 173 Å². The topological polar surface area (TPSA) is 62.6 Å². The summed E-state index contributed by atoms with van der Waals surface area (Å²) in [6.45, 7) is 3.99. The van der Waals surface area contributed by atoms with Gasteiger partial charge in [0.1, 0.15) is 5.76 Å². The van der Waals surface area contributed by atoms with Gasteiger partial charge in [-0.2, -0.15) is 0 Å². The fourth-order valence-electron chi connectivity index (χ4n) is 3.20. The van der Waals surface area contributed by atoms with E-state index in [1.807, 2.05) is 56.3 Å². The highest BCUT2D eigenvalue weighted by atomic mass is 32.2. The van der Waals surface area contributed by atoms with Gasteiger partial charge < -0.3 is 14.6 Å². The third-order valence-corrected chi connectivity index (χ3v) is 5.62. The maximum atomic E-state index is 13.1. The molecule has 0 unspecified atom stereocenters. The normalized spacial score (nSPS) is 13.3. The van der Waals surface area contributed by atoms with E-state index in [-0.39, 0.29) is 17.9 Å². The highest BCUT2D eigenvalue weighted by molar-refractivity contribution is 7.99. The number of benzene rings is 2. The van der Waals surface area contributed by atoms with Crippen molar-refractivity contribution in [3.05, 3.63) is 78.3 Å². The summed E-state index contributed by atoms with van der Waals surface area (Å²) < 4.78 is 5.19. The Kier molecular flexibility index (Phi) is 5.27. The van der Waals surface area contributed by atoms with Gasteiger partial charge in [0.2, 0.25) is 5.91 Å². The van der Waals surface area contributed by atoms with Crippen LogP contribution in [-0.4, -0.2) is 17.9 Å². The molecule has 1 aromatic heterocycles. The van der Waals surface area contributed by atoms with E-state index in [0.29, 0.717) is 17.0 Å². The minimum atomic E-state index is -0.253. The molecule has 0 fully saturated rings. The van der Waals surface area contributed by atoms with Gasteiger partial charge >= 0.3 is 0 Å². The van der Waals surface area contributed by atoms with Gasteiger partial charge in [-0.25, -0.2) is 0 Å². The van der Waals surface area contributed by atoms with Crippen molar-refractivity contribution in [2.45, 2.75) is 29.7 Å². The Hall–Kier alpha value is -3.25. The lowest BCUT2D eigenvalue weighted by Gasteiger charge is -2.27. The standard InChI is InChI=1S/C23H20N2O3S/c1-15(2)25-19-11-9-16(24-22(26)12-10-17-6-5-13-28-17)14-21(19)29-20-8-4-3-7-18(20)23(25)27/h3-15H,1-2H3,(H,24,26). The zero-order valence-corrected chi connectivity index (χ0v) is 16.9. The molecule has 1 aliphatic heterocycles. The number of carbonyl (C=O) groups is 2. The maximum Gasteiger partial charge on any atom is 0.259 e. The average molecular weight is 404 g/mol. The molecule has 0 saturated carbocycles. The predicted octanol–water partition coefficient (Wildman–Crippen LogP) is 5.45. The predicted molar refractivity (Wildman–Crippen MR) is 115 cm³/mol. The summed E-state index contributed by atoms with van der Waals surface area (Å²) >= 11 is 1.53. The maximum absolute atomic E-state index is 13.1. The summed E-state index contributed by atoms with van der Waals surface area (Å²) in [7, 11) is 0. The van der Waals surface area contributed by atoms with E-state index in [9.17, 15) is 9.59 Å². The number of hydrogen-bond donors (Lipinski definition) is 1. The third kappa shape index (κ3) is 3.98. The van der Waals surface area contributed by atoms with Gasteiger partial charge in [0.05, 0.1) is 17.5 Å². The summed E-state index contributed by atoms with van der Waals surface area (Å²) in [5.41, 5.74) is 2.20. The summed E-state index contributed by atoms with van der Waals surface area (Å²) in [6, 6.07) is 16.8. The fourth-order valence-corrected chi connectivity index (χ4v) is 4.31. The van der Waals surface area contributed by atoms with Gasteiger partial charge in [0.25, 0.3) is 5.91 Å². The fraction of sp³-hybridized carbons (Fsp3) is 0.130. The van der Waals surface area contributed by atoms with Crippen LogP contribution >= 0.6 is 11.8 Å². The van der Waals surface area contributed by atoms with Crippen molar-refractivity contribution in [1.29, 1.82) is 0 Å². The van der Waals surface area contributed by atoms with E-state index in [0.717, 1.165) is 15.5 Å². The van der Waals surface area contributed by atoms with Crippen molar-refractivity contribution in [3.8, 4) is 0 Å². The van der Waals surface area contributed by atoms with Crippen molar-refractivity contribution in [2.24, 2.45) is 0 Å². The van der Waals surface area contributed by atoms with Crippen LogP contribution < -0.4 is 10.2 Å². The van der Waals surface area contributed by atoms with Gasteiger partial charge in [0.15, 0.2) is 0 Å². The van der Waals surface area contributed by atoms with Crippen LogP contribution in [0.5, 0.6) is 0 Å². The van der Waals surface area contributed by atoms with Gasteiger partial charge in [-0.15, -0.1) is 0 Å². The van der Waals surface area contributed by atoms with Gasteiger partial charge in [0, 0.05) is 27.6 Å². The van der Waals surface area contributed by atoms with E-state index in [4.69, 9.17) is 4.42 Å². The second-order valence-corrected chi connectivity index (χ2v) is 7.97. The molecule has 3 aromatic rings. The molecule has 0 spiro atoms. The molecule has 0 radical (unpaired) electrons. The van der Waals surface area contributed by atoms with Crippen LogP contribution in [-0.2, 0) is 4.79 Å². The number of amides is 2. The summed E-state index contributed by atoms with van der Waals surface area (Å²) in [5.74, 6) is 0.345. The zero-order valence-electron chi connectivity index (χ0n) is 16.1. The lowest BCUT2D eigenvalue weighted by atomic mass is 10.1. The number of furan rings is 1. The van der Waals surface area contributed by atoms with Gasteiger partial charge in [-0.05, 0) is 62.4 Å². The van der Waals surface area contributed by atoms with Crippen molar-refractivity contribution >= 4 is 41.0 Å². The first kappa shape index (κ1) is 19.1. The van der Waals surface area contributed by atoms with Crippen molar-refractivity contribution in [2.75, 3.05) is 10.2 Å². The van der Waals surface area contributed by atoms with Crippen LogP contribution in [0.3, 0.4) is 0 Å². The van der Waals surface area contributed by atoms with E-state index < -0.39 is 0 Å². The monoisotopic (exact) mass is 404 g/mol. The van der Waals surface area contributed by atoms with Crippen molar-refractivity contribution in [1.82, 2.24) is 0 Å². The molecule has 0 saturated heterocycles. The highest BCUT2D eigenvalue weighted by Gasteiger charge is 2.29. The summed E-state index contributed by atoms with van der Waals surface area (Å²) in [5, 5.41) is 2.87. The Morgan fingerprint density at radius 1 is 1.10 bits per heavy atom. The Morgan fingerprint density at radius 3 is 2.69 bits per heavy atom. The molecule has 6 heteroatoms. The van der Waals surface area contributed by atoms with Crippen LogP contribution in [0.15, 0.2) is 81.1 Å². The first-order chi connectivity index (χ1) is 14.0. The summed E-state index contributed by atoms with van der Waals surface area (Å²) in [6.07, 6.45) is 4.60. The molecule has 29 heavy (non-hydrogen) atoms. The van der Waals surface area contributed by atoms with E-state index in [2.05, 4.69) is 5.32 Å². The smallest absolute Gasteiger partial charge is 0.259 e. The number of fused-ring (bicyclic) bond motifs is 2. The second kappa shape index (κ2) is 8.01. The molecular formula is C23H20N2O3S. The van der Waals surface area contributed by atoms with Crippen LogP contribution in [0, 0.1) is 0 Å². The largest absolute Gasteiger partial charge is 0.465 e. The second-order valence-electron chi connectivity index (χ2n) is 6.89. The zero-order chi connectivity index (χ0) is 20.4. The lowest BCUT2D eigenvalue weighted by molar-refractivity contribution is -0.111. The average Bonchev–Trinajstić information content (AvgIpc) is 3.18. The molecule has 0 atom stereocenters. The first-order valence-electron chi connectivity index (χ1n) is 9.30. The summed E-state index contributed by atoms with van der Waals surface area (Å²) in [4.78, 5) is 29.0. The molecule has 2 heterocycles. The van der Waals surface area contributed by atoms with E-state index >= 15 is 0 Å². The Bertz CT molecular complexity index is 1090. The number of nitrogens with one attached hydrogen (secondary N) is 1. The molecular weight excluding hydrogens is 384 g/mol. The molecule has 2 amide bonds. The number of anilines is 2. The number of carbonyl (C=O) groups excluding carboxylic acids is 2. The van der Waals surface area contributed by atoms with Crippen LogP contribution in [0.25, 0.3) is 6.08 Å².